The molecule has 0 aliphatic carbocycles. The number of aryl methyl sites for hydroxylation is 1. The van der Waals surface area contributed by atoms with Crippen molar-refractivity contribution in [1.29, 1.82) is 5.26 Å². The molecular formula is C17H11F3N2O2. The van der Waals surface area contributed by atoms with Gasteiger partial charge in [-0.15, -0.1) is 0 Å². The van der Waals surface area contributed by atoms with E-state index in [0.29, 0.717) is 17.2 Å². The Labute approximate surface area is 135 Å². The first-order chi connectivity index (χ1) is 11.3. The van der Waals surface area contributed by atoms with Gasteiger partial charge in [-0.1, -0.05) is 0 Å². The molecule has 1 amide bonds. The van der Waals surface area contributed by atoms with Crippen LogP contribution in [0.5, 0.6) is 0 Å². The van der Waals surface area contributed by atoms with Crippen LogP contribution in [0.25, 0.3) is 0 Å². The van der Waals surface area contributed by atoms with Crippen molar-refractivity contribution in [2.24, 2.45) is 0 Å². The molecule has 122 valence electrons. The summed E-state index contributed by atoms with van der Waals surface area (Å²) in [6.07, 6.45) is -4.60. The van der Waals surface area contributed by atoms with Gasteiger partial charge in [0, 0.05) is 16.8 Å². The summed E-state index contributed by atoms with van der Waals surface area (Å²) in [6.45, 7) is 1.62. The lowest BCUT2D eigenvalue weighted by Gasteiger charge is -2.13. The van der Waals surface area contributed by atoms with E-state index in [1.807, 2.05) is 6.07 Å². The van der Waals surface area contributed by atoms with Gasteiger partial charge in [-0.2, -0.15) is 18.4 Å². The van der Waals surface area contributed by atoms with Crippen molar-refractivity contribution < 1.29 is 22.8 Å². The molecule has 0 fully saturated rings. The SMILES string of the molecule is Cc1cc(C#N)ccc1C(=O)Nc1ccc(C=O)c(C(F)(F)F)c1. The average molecular weight is 332 g/mol. The number of alkyl halides is 3. The van der Waals surface area contributed by atoms with E-state index in [1.165, 1.54) is 24.3 Å². The summed E-state index contributed by atoms with van der Waals surface area (Å²) in [5.41, 5.74) is -0.573. The molecule has 2 aromatic carbocycles. The lowest BCUT2D eigenvalue weighted by molar-refractivity contribution is -0.137. The van der Waals surface area contributed by atoms with Crippen molar-refractivity contribution in [3.8, 4) is 6.07 Å². The van der Waals surface area contributed by atoms with Crippen LogP contribution in [0.15, 0.2) is 36.4 Å². The molecule has 0 saturated carbocycles. The minimum Gasteiger partial charge on any atom is -0.322 e. The Hall–Kier alpha value is -3.14. The van der Waals surface area contributed by atoms with Gasteiger partial charge >= 0.3 is 6.18 Å². The van der Waals surface area contributed by atoms with Crippen molar-refractivity contribution >= 4 is 17.9 Å². The van der Waals surface area contributed by atoms with Crippen LogP contribution in [-0.4, -0.2) is 12.2 Å². The molecule has 0 saturated heterocycles. The number of nitrogens with zero attached hydrogens (tertiary/aromatic N) is 1. The monoisotopic (exact) mass is 332 g/mol. The zero-order valence-corrected chi connectivity index (χ0v) is 12.4. The molecular weight excluding hydrogens is 321 g/mol. The number of hydrogen-bond donors (Lipinski definition) is 1. The third-order valence-electron chi connectivity index (χ3n) is 3.34. The highest BCUT2D eigenvalue weighted by molar-refractivity contribution is 6.05. The molecule has 0 unspecified atom stereocenters. The minimum atomic E-state index is -4.71. The number of carbonyl (C=O) groups excluding carboxylic acids is 2. The maximum atomic E-state index is 12.9. The Morgan fingerprint density at radius 3 is 2.46 bits per heavy atom. The van der Waals surface area contributed by atoms with Gasteiger partial charge < -0.3 is 5.32 Å². The summed E-state index contributed by atoms with van der Waals surface area (Å²) in [6, 6.07) is 9.23. The Kier molecular flexibility index (Phi) is 4.69. The van der Waals surface area contributed by atoms with Crippen LogP contribution in [0.4, 0.5) is 18.9 Å². The molecule has 0 heterocycles. The van der Waals surface area contributed by atoms with Gasteiger partial charge in [0.05, 0.1) is 17.2 Å². The Morgan fingerprint density at radius 2 is 1.92 bits per heavy atom. The van der Waals surface area contributed by atoms with E-state index in [4.69, 9.17) is 5.26 Å². The van der Waals surface area contributed by atoms with E-state index < -0.39 is 23.2 Å². The largest absolute Gasteiger partial charge is 0.417 e. The van der Waals surface area contributed by atoms with E-state index in [0.717, 1.165) is 6.07 Å². The first-order valence-electron chi connectivity index (χ1n) is 6.75. The van der Waals surface area contributed by atoms with Crippen molar-refractivity contribution in [3.05, 3.63) is 64.2 Å². The lowest BCUT2D eigenvalue weighted by atomic mass is 10.0. The summed E-state index contributed by atoms with van der Waals surface area (Å²) >= 11 is 0. The summed E-state index contributed by atoms with van der Waals surface area (Å²) in [7, 11) is 0. The van der Waals surface area contributed by atoms with Crippen LogP contribution in [0, 0.1) is 18.3 Å². The number of halogens is 3. The van der Waals surface area contributed by atoms with Crippen LogP contribution >= 0.6 is 0 Å². The van der Waals surface area contributed by atoms with E-state index in [9.17, 15) is 22.8 Å². The lowest BCUT2D eigenvalue weighted by Crippen LogP contribution is -2.15. The second kappa shape index (κ2) is 6.54. The number of amides is 1. The normalized spacial score (nSPS) is 10.8. The Balaban J connectivity index is 2.33. The molecule has 0 aromatic heterocycles. The molecule has 2 rings (SSSR count). The zero-order chi connectivity index (χ0) is 17.9. The molecule has 0 atom stereocenters. The van der Waals surface area contributed by atoms with Gasteiger partial charge in [-0.05, 0) is 48.9 Å². The summed E-state index contributed by atoms with van der Waals surface area (Å²) in [4.78, 5) is 22.9. The molecule has 0 radical (unpaired) electrons. The highest BCUT2D eigenvalue weighted by Gasteiger charge is 2.33. The van der Waals surface area contributed by atoms with E-state index in [1.54, 1.807) is 6.92 Å². The fourth-order valence-electron chi connectivity index (χ4n) is 2.17. The summed E-state index contributed by atoms with van der Waals surface area (Å²) in [5, 5.41) is 11.2. The van der Waals surface area contributed by atoms with Gasteiger partial charge in [-0.3, -0.25) is 9.59 Å². The predicted molar refractivity (Wildman–Crippen MR) is 80.7 cm³/mol. The van der Waals surface area contributed by atoms with Crippen molar-refractivity contribution in [1.82, 2.24) is 0 Å². The molecule has 2 aromatic rings. The van der Waals surface area contributed by atoms with Crippen LogP contribution < -0.4 is 5.32 Å². The van der Waals surface area contributed by atoms with E-state index in [2.05, 4.69) is 5.32 Å². The molecule has 7 heteroatoms. The minimum absolute atomic E-state index is 0.0818. The Morgan fingerprint density at radius 1 is 1.21 bits per heavy atom. The smallest absolute Gasteiger partial charge is 0.322 e. The molecule has 0 bridgehead atoms. The molecule has 0 aliphatic heterocycles. The maximum Gasteiger partial charge on any atom is 0.417 e. The van der Waals surface area contributed by atoms with Gasteiger partial charge in [-0.25, -0.2) is 0 Å². The molecule has 0 spiro atoms. The predicted octanol–water partition coefficient (Wildman–Crippen LogP) is 3.95. The van der Waals surface area contributed by atoms with E-state index >= 15 is 0 Å². The van der Waals surface area contributed by atoms with E-state index in [-0.39, 0.29) is 17.5 Å². The van der Waals surface area contributed by atoms with Crippen molar-refractivity contribution in [3.63, 3.8) is 0 Å². The second-order valence-corrected chi connectivity index (χ2v) is 5.01. The quantitative estimate of drug-likeness (QED) is 0.865. The highest BCUT2D eigenvalue weighted by Crippen LogP contribution is 2.33. The van der Waals surface area contributed by atoms with Gasteiger partial charge in [0.25, 0.3) is 5.91 Å². The number of benzene rings is 2. The molecule has 1 N–H and O–H groups in total. The van der Waals surface area contributed by atoms with Crippen LogP contribution in [-0.2, 0) is 6.18 Å². The number of nitrogens with one attached hydrogen (secondary N) is 1. The number of rotatable bonds is 3. The summed E-state index contributed by atoms with van der Waals surface area (Å²) in [5.74, 6) is -0.607. The zero-order valence-electron chi connectivity index (χ0n) is 12.4. The number of anilines is 1. The second-order valence-electron chi connectivity index (χ2n) is 5.01. The van der Waals surface area contributed by atoms with Crippen molar-refractivity contribution in [2.45, 2.75) is 13.1 Å². The van der Waals surface area contributed by atoms with Crippen LogP contribution in [0.2, 0.25) is 0 Å². The Bertz CT molecular complexity index is 852. The first-order valence-corrected chi connectivity index (χ1v) is 6.75. The first kappa shape index (κ1) is 17.2. The maximum absolute atomic E-state index is 12.9. The summed E-state index contributed by atoms with van der Waals surface area (Å²) < 4.78 is 38.8. The van der Waals surface area contributed by atoms with Gasteiger partial charge in [0.1, 0.15) is 0 Å². The van der Waals surface area contributed by atoms with Crippen molar-refractivity contribution in [2.75, 3.05) is 5.32 Å². The fraction of sp³-hybridized carbons (Fsp3) is 0.118. The van der Waals surface area contributed by atoms with Crippen LogP contribution in [0.1, 0.15) is 37.4 Å². The molecule has 24 heavy (non-hydrogen) atoms. The molecule has 0 aliphatic rings. The van der Waals surface area contributed by atoms with Gasteiger partial charge in [0.15, 0.2) is 6.29 Å². The van der Waals surface area contributed by atoms with Crippen LogP contribution in [0.3, 0.4) is 0 Å². The van der Waals surface area contributed by atoms with Gasteiger partial charge in [0.2, 0.25) is 0 Å². The standard InChI is InChI=1S/C17H11F3N2O2/c1-10-6-11(8-21)2-5-14(10)16(24)22-13-4-3-12(9-23)15(7-13)17(18,19)20/h2-7,9H,1H3,(H,22,24). The third kappa shape index (κ3) is 3.60. The number of aldehydes is 1. The highest BCUT2D eigenvalue weighted by atomic mass is 19.4. The number of carbonyl (C=O) groups is 2. The molecule has 4 nitrogen and oxygen atoms in total. The fourth-order valence-corrected chi connectivity index (χ4v) is 2.17. The third-order valence-corrected chi connectivity index (χ3v) is 3.34. The average Bonchev–Trinajstić information content (AvgIpc) is 2.53. The number of hydrogen-bond acceptors (Lipinski definition) is 3. The topological polar surface area (TPSA) is 70.0 Å². The number of nitriles is 1.